The average Bonchev–Trinajstić information content (AvgIpc) is 2.37. The zero-order valence-electron chi connectivity index (χ0n) is 9.48. The van der Waals surface area contributed by atoms with Gasteiger partial charge in [0.15, 0.2) is 0 Å². The molecule has 3 nitrogen and oxygen atoms in total. The first-order valence-electron chi connectivity index (χ1n) is 5.12. The van der Waals surface area contributed by atoms with Gasteiger partial charge in [0.1, 0.15) is 5.69 Å². The van der Waals surface area contributed by atoms with E-state index in [1.54, 1.807) is 36.4 Å². The van der Waals surface area contributed by atoms with Crippen LogP contribution in [-0.4, -0.2) is 17.9 Å². The standard InChI is InChI=1S/C13H9Cl2NO2/c1-18-12-4-2-3-11(16-12)13(17)8-5-9(14)7-10(15)6-8/h2-7H,1H3. The van der Waals surface area contributed by atoms with E-state index in [0.717, 1.165) is 0 Å². The molecule has 0 unspecified atom stereocenters. The van der Waals surface area contributed by atoms with Crippen LogP contribution in [0.2, 0.25) is 10.0 Å². The molecular weight excluding hydrogens is 273 g/mol. The first kappa shape index (κ1) is 12.9. The lowest BCUT2D eigenvalue weighted by molar-refractivity contribution is 0.103. The molecule has 1 aromatic carbocycles. The van der Waals surface area contributed by atoms with E-state index in [1.807, 2.05) is 0 Å². The Bertz CT molecular complexity index is 579. The maximum Gasteiger partial charge on any atom is 0.213 e. The second-order valence-corrected chi connectivity index (χ2v) is 4.43. The molecular formula is C13H9Cl2NO2. The summed E-state index contributed by atoms with van der Waals surface area (Å²) in [5.74, 6) is 0.132. The number of pyridine rings is 1. The highest BCUT2D eigenvalue weighted by Gasteiger charge is 2.12. The average molecular weight is 282 g/mol. The third-order valence-corrected chi connectivity index (χ3v) is 2.73. The van der Waals surface area contributed by atoms with Crippen molar-refractivity contribution in [3.63, 3.8) is 0 Å². The monoisotopic (exact) mass is 281 g/mol. The fourth-order valence-corrected chi connectivity index (χ4v) is 2.01. The van der Waals surface area contributed by atoms with E-state index in [-0.39, 0.29) is 11.5 Å². The fourth-order valence-electron chi connectivity index (χ4n) is 1.49. The van der Waals surface area contributed by atoms with Crippen LogP contribution in [0.4, 0.5) is 0 Å². The van der Waals surface area contributed by atoms with Gasteiger partial charge in [-0.25, -0.2) is 4.98 Å². The van der Waals surface area contributed by atoms with Crippen molar-refractivity contribution >= 4 is 29.0 Å². The van der Waals surface area contributed by atoms with Gasteiger partial charge < -0.3 is 4.74 Å². The fraction of sp³-hybridized carbons (Fsp3) is 0.0769. The Morgan fingerprint density at radius 1 is 1.17 bits per heavy atom. The minimum Gasteiger partial charge on any atom is -0.481 e. The van der Waals surface area contributed by atoms with Crippen molar-refractivity contribution in [2.45, 2.75) is 0 Å². The van der Waals surface area contributed by atoms with Crippen LogP contribution in [0, 0.1) is 0 Å². The Balaban J connectivity index is 2.41. The molecule has 0 aliphatic heterocycles. The number of carbonyl (C=O) groups is 1. The van der Waals surface area contributed by atoms with Crippen LogP contribution in [0.1, 0.15) is 16.1 Å². The van der Waals surface area contributed by atoms with Crippen LogP contribution < -0.4 is 4.74 Å². The van der Waals surface area contributed by atoms with Crippen LogP contribution in [0.25, 0.3) is 0 Å². The van der Waals surface area contributed by atoms with E-state index in [4.69, 9.17) is 27.9 Å². The number of carbonyl (C=O) groups excluding carboxylic acids is 1. The third kappa shape index (κ3) is 2.81. The summed E-state index contributed by atoms with van der Waals surface area (Å²) in [7, 11) is 1.49. The number of ketones is 1. The number of aromatic nitrogens is 1. The van der Waals surface area contributed by atoms with Gasteiger partial charge in [0.25, 0.3) is 0 Å². The van der Waals surface area contributed by atoms with Gasteiger partial charge in [-0.05, 0) is 24.3 Å². The highest BCUT2D eigenvalue weighted by molar-refractivity contribution is 6.35. The van der Waals surface area contributed by atoms with E-state index >= 15 is 0 Å². The zero-order valence-corrected chi connectivity index (χ0v) is 11.0. The van der Waals surface area contributed by atoms with Crippen molar-refractivity contribution in [2.24, 2.45) is 0 Å². The number of benzene rings is 1. The van der Waals surface area contributed by atoms with E-state index in [2.05, 4.69) is 4.98 Å². The number of halogens is 2. The molecule has 1 heterocycles. The van der Waals surface area contributed by atoms with E-state index in [0.29, 0.717) is 21.5 Å². The SMILES string of the molecule is COc1cccc(C(=O)c2cc(Cl)cc(Cl)c2)n1. The van der Waals surface area contributed by atoms with Crippen LogP contribution >= 0.6 is 23.2 Å². The molecule has 0 saturated heterocycles. The molecule has 2 rings (SSSR count). The normalized spacial score (nSPS) is 10.2. The molecule has 0 fully saturated rings. The molecule has 1 aromatic heterocycles. The molecule has 2 aromatic rings. The molecule has 18 heavy (non-hydrogen) atoms. The number of ether oxygens (including phenoxy) is 1. The molecule has 0 radical (unpaired) electrons. The highest BCUT2D eigenvalue weighted by atomic mass is 35.5. The van der Waals surface area contributed by atoms with Crippen molar-refractivity contribution in [1.82, 2.24) is 4.98 Å². The quantitative estimate of drug-likeness (QED) is 0.807. The maximum absolute atomic E-state index is 12.2. The van der Waals surface area contributed by atoms with Crippen LogP contribution in [0.3, 0.4) is 0 Å². The Labute approximate surface area is 114 Å². The number of hydrogen-bond acceptors (Lipinski definition) is 3. The van der Waals surface area contributed by atoms with Crippen molar-refractivity contribution in [2.75, 3.05) is 7.11 Å². The minimum atomic E-state index is -0.252. The molecule has 0 aliphatic carbocycles. The minimum absolute atomic E-state index is 0.252. The highest BCUT2D eigenvalue weighted by Crippen LogP contribution is 2.21. The summed E-state index contributed by atoms with van der Waals surface area (Å²) < 4.78 is 4.97. The van der Waals surface area contributed by atoms with E-state index < -0.39 is 0 Å². The molecule has 0 N–H and O–H groups in total. The second-order valence-electron chi connectivity index (χ2n) is 3.55. The Hall–Kier alpha value is -1.58. The molecule has 0 spiro atoms. The number of methoxy groups -OCH3 is 1. The molecule has 0 saturated carbocycles. The molecule has 0 atom stereocenters. The van der Waals surface area contributed by atoms with Crippen LogP contribution in [-0.2, 0) is 0 Å². The molecule has 0 amide bonds. The summed E-state index contributed by atoms with van der Waals surface area (Å²) in [5.41, 5.74) is 0.681. The Morgan fingerprint density at radius 2 is 1.83 bits per heavy atom. The van der Waals surface area contributed by atoms with Crippen molar-refractivity contribution < 1.29 is 9.53 Å². The topological polar surface area (TPSA) is 39.2 Å². The van der Waals surface area contributed by atoms with Crippen molar-refractivity contribution in [1.29, 1.82) is 0 Å². The summed E-state index contributed by atoms with van der Waals surface area (Å²) in [5, 5.41) is 0.822. The van der Waals surface area contributed by atoms with Gasteiger partial charge in [-0.15, -0.1) is 0 Å². The molecule has 92 valence electrons. The predicted molar refractivity (Wildman–Crippen MR) is 70.7 cm³/mol. The third-order valence-electron chi connectivity index (χ3n) is 2.29. The zero-order chi connectivity index (χ0) is 13.1. The van der Waals surface area contributed by atoms with Gasteiger partial charge in [0.05, 0.1) is 7.11 Å². The summed E-state index contributed by atoms with van der Waals surface area (Å²) in [4.78, 5) is 16.3. The summed E-state index contributed by atoms with van der Waals surface area (Å²) in [6, 6.07) is 9.65. The largest absolute Gasteiger partial charge is 0.481 e. The van der Waals surface area contributed by atoms with Gasteiger partial charge in [-0.2, -0.15) is 0 Å². The number of nitrogens with zero attached hydrogens (tertiary/aromatic N) is 1. The van der Waals surface area contributed by atoms with Gasteiger partial charge in [-0.1, -0.05) is 29.3 Å². The summed E-state index contributed by atoms with van der Waals surface area (Å²) >= 11 is 11.7. The van der Waals surface area contributed by atoms with Gasteiger partial charge in [-0.3, -0.25) is 4.79 Å². The molecule has 0 aliphatic rings. The summed E-state index contributed by atoms with van der Waals surface area (Å²) in [6.45, 7) is 0. The smallest absolute Gasteiger partial charge is 0.213 e. The maximum atomic E-state index is 12.2. The van der Waals surface area contributed by atoms with Gasteiger partial charge in [0.2, 0.25) is 11.7 Å². The van der Waals surface area contributed by atoms with Gasteiger partial charge >= 0.3 is 0 Å². The van der Waals surface area contributed by atoms with Crippen molar-refractivity contribution in [3.8, 4) is 5.88 Å². The lowest BCUT2D eigenvalue weighted by Gasteiger charge is -2.04. The number of hydrogen-bond donors (Lipinski definition) is 0. The number of rotatable bonds is 3. The summed E-state index contributed by atoms with van der Waals surface area (Å²) in [6.07, 6.45) is 0. The Kier molecular flexibility index (Phi) is 3.84. The van der Waals surface area contributed by atoms with Crippen molar-refractivity contribution in [3.05, 3.63) is 57.7 Å². The van der Waals surface area contributed by atoms with Crippen LogP contribution in [0.15, 0.2) is 36.4 Å². The Morgan fingerprint density at radius 3 is 2.44 bits per heavy atom. The molecule has 0 bridgehead atoms. The van der Waals surface area contributed by atoms with Crippen LogP contribution in [0.5, 0.6) is 5.88 Å². The van der Waals surface area contributed by atoms with E-state index in [1.165, 1.54) is 7.11 Å². The molecule has 5 heteroatoms. The van der Waals surface area contributed by atoms with E-state index in [9.17, 15) is 4.79 Å². The first-order chi connectivity index (χ1) is 8.60. The van der Waals surface area contributed by atoms with Gasteiger partial charge in [0, 0.05) is 21.7 Å². The lowest BCUT2D eigenvalue weighted by atomic mass is 10.1. The second kappa shape index (κ2) is 5.38. The first-order valence-corrected chi connectivity index (χ1v) is 5.87. The predicted octanol–water partition coefficient (Wildman–Crippen LogP) is 3.63. The lowest BCUT2D eigenvalue weighted by Crippen LogP contribution is -2.04.